The zero-order valence-corrected chi connectivity index (χ0v) is 4.75. The monoisotopic (exact) mass is 106 g/mol. The van der Waals surface area contributed by atoms with Gasteiger partial charge in [0.05, 0.1) is 0 Å². The van der Waals surface area contributed by atoms with Crippen LogP contribution in [0.5, 0.6) is 0 Å². The molecule has 0 aliphatic heterocycles. The molecule has 0 unspecified atom stereocenters. The van der Waals surface area contributed by atoms with Gasteiger partial charge in [0.25, 0.3) is 0 Å². The van der Waals surface area contributed by atoms with Gasteiger partial charge in [-0.3, -0.25) is 0 Å². The first-order valence-electron chi connectivity index (χ1n) is 1.72. The van der Waals surface area contributed by atoms with Gasteiger partial charge in [0, 0.05) is 0 Å². The molecule has 7 heavy (non-hydrogen) atoms. The van der Waals surface area contributed by atoms with Crippen molar-refractivity contribution >= 4 is 0 Å². The molecule has 0 saturated heterocycles. The van der Waals surface area contributed by atoms with E-state index in [2.05, 4.69) is 0 Å². The molecule has 0 heterocycles. The highest BCUT2D eigenvalue weighted by atomic mass is 16.6. The lowest BCUT2D eigenvalue weighted by atomic mass is 11.0. The summed E-state index contributed by atoms with van der Waals surface area (Å²) in [7, 11) is 6.00. The van der Waals surface area contributed by atoms with Gasteiger partial charge in [-0.15, -0.1) is 4.91 Å². The van der Waals surface area contributed by atoms with Crippen molar-refractivity contribution < 1.29 is 5.21 Å². The Hall–Kier alpha value is -0.640. The lowest BCUT2D eigenvalue weighted by Crippen LogP contribution is -1.99. The van der Waals surface area contributed by atoms with Crippen LogP contribution in [0, 0.1) is 4.91 Å². The Kier molecular flexibility index (Phi) is 12.4. The second-order valence-electron chi connectivity index (χ2n) is 1.42. The minimum atomic E-state index is 1.25. The molecule has 4 nitrogen and oxygen atoms in total. The molecule has 0 atom stereocenters. The van der Waals surface area contributed by atoms with Gasteiger partial charge in [0.1, 0.15) is 0 Å². The van der Waals surface area contributed by atoms with E-state index in [0.717, 1.165) is 0 Å². The molecule has 0 aromatic carbocycles. The Balaban J connectivity index is 0. The second kappa shape index (κ2) is 9.03. The third-order valence-corrected chi connectivity index (χ3v) is 0. The largest absolute Gasteiger partial charge is 0.379 e. The Labute approximate surface area is 42.7 Å². The zero-order valence-electron chi connectivity index (χ0n) is 4.75. The van der Waals surface area contributed by atoms with E-state index in [0.29, 0.717) is 0 Å². The molecule has 0 amide bonds. The first kappa shape index (κ1) is 9.61. The molecule has 0 aliphatic carbocycles. The molecular weight excluding hydrogens is 96.0 g/mol. The number of rotatable bonds is 0. The van der Waals surface area contributed by atoms with E-state index >= 15 is 0 Å². The molecule has 0 aromatic heterocycles. The van der Waals surface area contributed by atoms with E-state index in [9.17, 15) is 0 Å². The van der Waals surface area contributed by atoms with Gasteiger partial charge < -0.3 is 10.1 Å². The molecule has 4 heteroatoms. The highest BCUT2D eigenvalue weighted by Crippen LogP contribution is 1.47. The van der Waals surface area contributed by atoms with E-state index < -0.39 is 0 Å². The van der Waals surface area contributed by atoms with E-state index in [1.165, 1.54) is 5.34 Å². The summed E-state index contributed by atoms with van der Waals surface area (Å²) in [5, 5.41) is 7.89. The number of hydrogen-bond donors (Lipinski definition) is 1. The average Bonchev–Trinajstić information content (AvgIpc) is 1.33. The Morgan fingerprint density at radius 1 is 1.43 bits per heavy atom. The zero-order chi connectivity index (χ0) is 6.28. The summed E-state index contributed by atoms with van der Waals surface area (Å²) in [6, 6.07) is 0. The first-order chi connectivity index (χ1) is 3.15. The Bertz CT molecular complexity index is 35.2. The van der Waals surface area contributed by atoms with Crippen molar-refractivity contribution in [3.63, 3.8) is 0 Å². The molecule has 0 rings (SSSR count). The summed E-state index contributed by atoms with van der Waals surface area (Å²) in [5.41, 5.74) is 0. The van der Waals surface area contributed by atoms with E-state index in [1.807, 2.05) is 26.0 Å². The van der Waals surface area contributed by atoms with E-state index in [1.54, 1.807) is 0 Å². The predicted octanol–water partition coefficient (Wildman–Crippen LogP) is 0.320. The van der Waals surface area contributed by atoms with Crippen molar-refractivity contribution in [1.82, 2.24) is 4.90 Å². The van der Waals surface area contributed by atoms with Crippen LogP contribution in [0.1, 0.15) is 0 Å². The Morgan fingerprint density at radius 3 is 1.43 bits per heavy atom. The van der Waals surface area contributed by atoms with Crippen LogP contribution >= 0.6 is 0 Å². The van der Waals surface area contributed by atoms with Gasteiger partial charge in [0.2, 0.25) is 0 Å². The number of hydrogen-bond acceptors (Lipinski definition) is 3. The molecule has 0 radical (unpaired) electrons. The standard InChI is InChI=1S/C3H9N.HNO2/c1-4(2)3;2-1-3/h1-3H3;(H,2,3). The van der Waals surface area contributed by atoms with Crippen LogP contribution in [0.2, 0.25) is 0 Å². The van der Waals surface area contributed by atoms with Crippen LogP contribution in [0.3, 0.4) is 0 Å². The fourth-order valence-corrected chi connectivity index (χ4v) is 0. The molecule has 0 aromatic rings. The first-order valence-corrected chi connectivity index (χ1v) is 1.72. The van der Waals surface area contributed by atoms with E-state index in [4.69, 9.17) is 10.1 Å². The fourth-order valence-electron chi connectivity index (χ4n) is 0. The predicted molar refractivity (Wildman–Crippen MR) is 27.2 cm³/mol. The van der Waals surface area contributed by atoms with Crippen LogP contribution in [0.25, 0.3) is 0 Å². The lowest BCUT2D eigenvalue weighted by Gasteiger charge is -1.90. The normalized spacial score (nSPS) is 6.86. The van der Waals surface area contributed by atoms with Gasteiger partial charge in [-0.25, -0.2) is 0 Å². The molecule has 44 valence electrons. The van der Waals surface area contributed by atoms with Crippen LogP contribution in [0.15, 0.2) is 5.34 Å². The summed E-state index contributed by atoms with van der Waals surface area (Å²) in [5.74, 6) is 0. The molecule has 1 N–H and O–H groups in total. The third kappa shape index (κ3) is 148. The summed E-state index contributed by atoms with van der Waals surface area (Å²) in [6.45, 7) is 0. The van der Waals surface area contributed by atoms with Crippen LogP contribution in [0.4, 0.5) is 0 Å². The summed E-state index contributed by atoms with van der Waals surface area (Å²) >= 11 is 0. The van der Waals surface area contributed by atoms with E-state index in [-0.39, 0.29) is 0 Å². The molecular formula is C3H10N2O2. The van der Waals surface area contributed by atoms with Gasteiger partial charge >= 0.3 is 0 Å². The Morgan fingerprint density at radius 2 is 1.43 bits per heavy atom. The van der Waals surface area contributed by atoms with Gasteiger partial charge in [-0.05, 0) is 21.1 Å². The average molecular weight is 106 g/mol. The summed E-state index contributed by atoms with van der Waals surface area (Å²) in [4.78, 5) is 10.1. The highest BCUT2D eigenvalue weighted by molar-refractivity contribution is 4.09. The van der Waals surface area contributed by atoms with Gasteiger partial charge in [-0.2, -0.15) is 0 Å². The van der Waals surface area contributed by atoms with Gasteiger partial charge in [0.15, 0.2) is 5.34 Å². The van der Waals surface area contributed by atoms with Crippen molar-refractivity contribution in [2.75, 3.05) is 21.1 Å². The number of nitrogens with zero attached hydrogens (tertiary/aromatic N) is 2. The maximum atomic E-state index is 8.11. The molecule has 0 aliphatic rings. The maximum absolute atomic E-state index is 8.11. The fraction of sp³-hybridized carbons (Fsp3) is 1.00. The minimum absolute atomic E-state index is 1.25. The maximum Gasteiger partial charge on any atom is 0.152 e. The van der Waals surface area contributed by atoms with Gasteiger partial charge in [-0.1, -0.05) is 0 Å². The van der Waals surface area contributed by atoms with Crippen molar-refractivity contribution in [2.45, 2.75) is 0 Å². The third-order valence-electron chi connectivity index (χ3n) is 0. The summed E-state index contributed by atoms with van der Waals surface area (Å²) in [6.07, 6.45) is 0. The van der Waals surface area contributed by atoms with Crippen molar-refractivity contribution in [3.8, 4) is 0 Å². The van der Waals surface area contributed by atoms with Crippen LogP contribution < -0.4 is 0 Å². The van der Waals surface area contributed by atoms with Crippen molar-refractivity contribution in [2.24, 2.45) is 5.34 Å². The second-order valence-corrected chi connectivity index (χ2v) is 1.42. The molecule has 0 fully saturated rings. The molecule has 0 saturated carbocycles. The molecule has 0 bridgehead atoms. The lowest BCUT2D eigenvalue weighted by molar-refractivity contribution is 0.312. The SMILES string of the molecule is CN(C)C.O=NO. The summed E-state index contributed by atoms with van der Waals surface area (Å²) < 4.78 is 0. The minimum Gasteiger partial charge on any atom is -0.379 e. The van der Waals surface area contributed by atoms with Crippen molar-refractivity contribution in [1.29, 1.82) is 0 Å². The smallest absolute Gasteiger partial charge is 0.152 e. The van der Waals surface area contributed by atoms with Crippen LogP contribution in [-0.2, 0) is 0 Å². The molecule has 0 spiro atoms. The van der Waals surface area contributed by atoms with Crippen molar-refractivity contribution in [3.05, 3.63) is 4.91 Å². The van der Waals surface area contributed by atoms with Crippen LogP contribution in [-0.4, -0.2) is 31.3 Å². The highest BCUT2D eigenvalue weighted by Gasteiger charge is 1.58. The quantitative estimate of drug-likeness (QED) is 0.357. The topological polar surface area (TPSA) is 52.9 Å².